The van der Waals surface area contributed by atoms with Crippen LogP contribution in [-0.4, -0.2) is 12.2 Å². The van der Waals surface area contributed by atoms with Crippen molar-refractivity contribution in [2.24, 2.45) is 0 Å². The van der Waals surface area contributed by atoms with Crippen molar-refractivity contribution in [3.63, 3.8) is 0 Å². The zero-order valence-electron chi connectivity index (χ0n) is 10.3. The van der Waals surface area contributed by atoms with Crippen molar-refractivity contribution in [2.45, 2.75) is 6.54 Å². The SMILES string of the molecule is COc1ccc(O)c(CNc2cc(Cl)cc(Cl)c2)c1. The Kier molecular flexibility index (Phi) is 4.40. The van der Waals surface area contributed by atoms with E-state index in [-0.39, 0.29) is 5.75 Å². The Balaban J connectivity index is 2.13. The number of phenolic OH excluding ortho intramolecular Hbond substituents is 1. The van der Waals surface area contributed by atoms with Crippen LogP contribution < -0.4 is 10.1 Å². The molecule has 5 heteroatoms. The number of anilines is 1. The molecule has 0 spiro atoms. The molecule has 2 rings (SSSR count). The number of phenols is 1. The van der Waals surface area contributed by atoms with Gasteiger partial charge in [-0.25, -0.2) is 0 Å². The summed E-state index contributed by atoms with van der Waals surface area (Å²) in [4.78, 5) is 0. The predicted octanol–water partition coefficient (Wildman–Crippen LogP) is 4.32. The maximum absolute atomic E-state index is 9.77. The Labute approximate surface area is 121 Å². The van der Waals surface area contributed by atoms with Crippen LogP contribution in [0.2, 0.25) is 10.0 Å². The van der Waals surface area contributed by atoms with Crippen molar-refractivity contribution in [1.82, 2.24) is 0 Å². The molecular formula is C14H13Cl2NO2. The lowest BCUT2D eigenvalue weighted by Crippen LogP contribution is -2.00. The van der Waals surface area contributed by atoms with E-state index >= 15 is 0 Å². The number of rotatable bonds is 4. The molecule has 100 valence electrons. The number of hydrogen-bond acceptors (Lipinski definition) is 3. The summed E-state index contributed by atoms with van der Waals surface area (Å²) >= 11 is 11.8. The van der Waals surface area contributed by atoms with E-state index in [4.69, 9.17) is 27.9 Å². The summed E-state index contributed by atoms with van der Waals surface area (Å²) in [6.45, 7) is 0.444. The van der Waals surface area contributed by atoms with Crippen LogP contribution in [0.1, 0.15) is 5.56 Å². The van der Waals surface area contributed by atoms with Gasteiger partial charge in [-0.3, -0.25) is 0 Å². The number of methoxy groups -OCH3 is 1. The summed E-state index contributed by atoms with van der Waals surface area (Å²) in [6, 6.07) is 10.3. The average molecular weight is 298 g/mol. The molecule has 0 fully saturated rings. The number of aromatic hydroxyl groups is 1. The van der Waals surface area contributed by atoms with E-state index in [0.717, 1.165) is 11.3 Å². The minimum Gasteiger partial charge on any atom is -0.508 e. The molecular weight excluding hydrogens is 285 g/mol. The van der Waals surface area contributed by atoms with E-state index in [1.165, 1.54) is 0 Å². The summed E-state index contributed by atoms with van der Waals surface area (Å²) in [7, 11) is 1.58. The van der Waals surface area contributed by atoms with Gasteiger partial charge < -0.3 is 15.2 Å². The molecule has 2 N–H and O–H groups in total. The zero-order valence-corrected chi connectivity index (χ0v) is 11.8. The van der Waals surface area contributed by atoms with E-state index in [1.54, 1.807) is 43.5 Å². The van der Waals surface area contributed by atoms with Crippen molar-refractivity contribution < 1.29 is 9.84 Å². The summed E-state index contributed by atoms with van der Waals surface area (Å²) in [6.07, 6.45) is 0. The fourth-order valence-electron chi connectivity index (χ4n) is 1.68. The van der Waals surface area contributed by atoms with Gasteiger partial charge in [0.1, 0.15) is 11.5 Å². The Hall–Kier alpha value is -1.58. The standard InChI is InChI=1S/C14H13Cl2NO2/c1-19-13-2-3-14(18)9(4-13)8-17-12-6-10(15)5-11(16)7-12/h2-7,17-18H,8H2,1H3. The first-order valence-corrected chi connectivity index (χ1v) is 6.40. The van der Waals surface area contributed by atoms with Crippen LogP contribution in [0.15, 0.2) is 36.4 Å². The van der Waals surface area contributed by atoms with Crippen LogP contribution in [-0.2, 0) is 6.54 Å². The number of halogens is 2. The highest BCUT2D eigenvalue weighted by atomic mass is 35.5. The van der Waals surface area contributed by atoms with Crippen molar-refractivity contribution in [2.75, 3.05) is 12.4 Å². The monoisotopic (exact) mass is 297 g/mol. The molecule has 0 aliphatic rings. The first-order valence-electron chi connectivity index (χ1n) is 5.64. The Morgan fingerprint density at radius 1 is 1.11 bits per heavy atom. The van der Waals surface area contributed by atoms with Gasteiger partial charge in [-0.05, 0) is 36.4 Å². The van der Waals surface area contributed by atoms with Gasteiger partial charge in [0.15, 0.2) is 0 Å². The molecule has 0 aromatic heterocycles. The molecule has 0 radical (unpaired) electrons. The van der Waals surface area contributed by atoms with Gasteiger partial charge in [-0.1, -0.05) is 23.2 Å². The number of hydrogen-bond donors (Lipinski definition) is 2. The third-order valence-electron chi connectivity index (χ3n) is 2.63. The number of nitrogens with one attached hydrogen (secondary N) is 1. The van der Waals surface area contributed by atoms with Gasteiger partial charge >= 0.3 is 0 Å². The van der Waals surface area contributed by atoms with Crippen LogP contribution in [0.5, 0.6) is 11.5 Å². The maximum atomic E-state index is 9.77. The second kappa shape index (κ2) is 6.04. The Morgan fingerprint density at radius 3 is 2.42 bits per heavy atom. The minimum atomic E-state index is 0.210. The highest BCUT2D eigenvalue weighted by Crippen LogP contribution is 2.26. The molecule has 0 atom stereocenters. The largest absolute Gasteiger partial charge is 0.508 e. The summed E-state index contributed by atoms with van der Waals surface area (Å²) in [5.74, 6) is 0.903. The van der Waals surface area contributed by atoms with Crippen LogP contribution in [0.25, 0.3) is 0 Å². The zero-order chi connectivity index (χ0) is 13.8. The average Bonchev–Trinajstić information content (AvgIpc) is 2.37. The van der Waals surface area contributed by atoms with Crippen LogP contribution in [0.3, 0.4) is 0 Å². The van der Waals surface area contributed by atoms with Gasteiger partial charge in [0.2, 0.25) is 0 Å². The summed E-state index contributed by atoms with van der Waals surface area (Å²) < 4.78 is 5.12. The van der Waals surface area contributed by atoms with Crippen molar-refractivity contribution in [1.29, 1.82) is 0 Å². The first-order chi connectivity index (χ1) is 9.08. The maximum Gasteiger partial charge on any atom is 0.120 e. The Bertz CT molecular complexity index is 567. The quantitative estimate of drug-likeness (QED) is 0.883. The fourth-order valence-corrected chi connectivity index (χ4v) is 2.21. The predicted molar refractivity (Wildman–Crippen MR) is 78.4 cm³/mol. The highest BCUT2D eigenvalue weighted by molar-refractivity contribution is 6.35. The van der Waals surface area contributed by atoms with E-state index < -0.39 is 0 Å². The molecule has 0 saturated heterocycles. The lowest BCUT2D eigenvalue weighted by Gasteiger charge is -2.10. The van der Waals surface area contributed by atoms with Gasteiger partial charge in [0, 0.05) is 27.8 Å². The van der Waals surface area contributed by atoms with Crippen molar-refractivity contribution in [3.05, 3.63) is 52.0 Å². The van der Waals surface area contributed by atoms with Crippen molar-refractivity contribution >= 4 is 28.9 Å². The van der Waals surface area contributed by atoms with Gasteiger partial charge in [-0.2, -0.15) is 0 Å². The normalized spacial score (nSPS) is 10.3. The van der Waals surface area contributed by atoms with E-state index in [1.807, 2.05) is 0 Å². The molecule has 2 aromatic rings. The smallest absolute Gasteiger partial charge is 0.120 e. The Morgan fingerprint density at radius 2 is 1.79 bits per heavy atom. The van der Waals surface area contributed by atoms with Crippen molar-refractivity contribution in [3.8, 4) is 11.5 Å². The lowest BCUT2D eigenvalue weighted by molar-refractivity contribution is 0.411. The highest BCUT2D eigenvalue weighted by Gasteiger charge is 2.04. The molecule has 0 amide bonds. The third kappa shape index (κ3) is 3.69. The van der Waals surface area contributed by atoms with Crippen LogP contribution in [0, 0.1) is 0 Å². The van der Waals surface area contributed by atoms with Gasteiger partial charge in [-0.15, -0.1) is 0 Å². The minimum absolute atomic E-state index is 0.210. The summed E-state index contributed by atoms with van der Waals surface area (Å²) in [5.41, 5.74) is 1.52. The molecule has 0 aliphatic carbocycles. The van der Waals surface area contributed by atoms with E-state index in [0.29, 0.717) is 22.3 Å². The second-order valence-electron chi connectivity index (χ2n) is 4.01. The number of benzene rings is 2. The first kappa shape index (κ1) is 13.8. The van der Waals surface area contributed by atoms with Crippen LogP contribution >= 0.6 is 23.2 Å². The molecule has 0 unspecified atom stereocenters. The molecule has 3 nitrogen and oxygen atoms in total. The van der Waals surface area contributed by atoms with Crippen LogP contribution in [0.4, 0.5) is 5.69 Å². The molecule has 0 heterocycles. The van der Waals surface area contributed by atoms with Gasteiger partial charge in [0.25, 0.3) is 0 Å². The lowest BCUT2D eigenvalue weighted by atomic mass is 10.2. The van der Waals surface area contributed by atoms with E-state index in [2.05, 4.69) is 5.32 Å². The molecule has 0 saturated carbocycles. The second-order valence-corrected chi connectivity index (χ2v) is 4.88. The summed E-state index contributed by atoms with van der Waals surface area (Å²) in [5, 5.41) is 14.0. The molecule has 0 aliphatic heterocycles. The third-order valence-corrected chi connectivity index (χ3v) is 3.07. The molecule has 2 aromatic carbocycles. The topological polar surface area (TPSA) is 41.5 Å². The van der Waals surface area contributed by atoms with E-state index in [9.17, 15) is 5.11 Å². The molecule has 19 heavy (non-hydrogen) atoms. The number of ether oxygens (including phenoxy) is 1. The fraction of sp³-hybridized carbons (Fsp3) is 0.143. The van der Waals surface area contributed by atoms with Gasteiger partial charge in [0.05, 0.1) is 7.11 Å². The molecule has 0 bridgehead atoms.